The van der Waals surface area contributed by atoms with Crippen molar-refractivity contribution in [2.45, 2.75) is 37.6 Å². The summed E-state index contributed by atoms with van der Waals surface area (Å²) in [7, 11) is 0. The van der Waals surface area contributed by atoms with E-state index < -0.39 is 12.0 Å². The Morgan fingerprint density at radius 2 is 2.05 bits per heavy atom. The van der Waals surface area contributed by atoms with E-state index in [1.165, 1.54) is 0 Å². The molecule has 3 rings (SSSR count). The summed E-state index contributed by atoms with van der Waals surface area (Å²) in [5, 5.41) is 13.0. The summed E-state index contributed by atoms with van der Waals surface area (Å²) < 4.78 is 0. The van der Waals surface area contributed by atoms with Gasteiger partial charge in [-0.05, 0) is 42.4 Å². The number of hydrogen-bond acceptors (Lipinski definition) is 2. The van der Waals surface area contributed by atoms with Crippen LogP contribution >= 0.6 is 23.2 Å². The topological polar surface area (TPSA) is 66.4 Å². The highest BCUT2D eigenvalue weighted by Gasteiger charge is 2.46. The van der Waals surface area contributed by atoms with Gasteiger partial charge in [0.05, 0.1) is 0 Å². The SMILES string of the molecule is O=C(O)C(CC1CC1)NC(=O)C1CC1c1ccc(Cl)cc1Cl. The van der Waals surface area contributed by atoms with Crippen molar-refractivity contribution in [2.75, 3.05) is 0 Å². The van der Waals surface area contributed by atoms with Crippen LogP contribution in [0.1, 0.15) is 37.2 Å². The van der Waals surface area contributed by atoms with Gasteiger partial charge in [0.1, 0.15) is 6.04 Å². The highest BCUT2D eigenvalue weighted by molar-refractivity contribution is 6.35. The van der Waals surface area contributed by atoms with E-state index in [0.717, 1.165) is 18.4 Å². The maximum absolute atomic E-state index is 12.2. The van der Waals surface area contributed by atoms with Crippen LogP contribution < -0.4 is 5.32 Å². The van der Waals surface area contributed by atoms with Crippen LogP contribution in [0.25, 0.3) is 0 Å². The fourth-order valence-corrected chi connectivity index (χ4v) is 3.37. The van der Waals surface area contributed by atoms with Gasteiger partial charge >= 0.3 is 5.97 Å². The van der Waals surface area contributed by atoms with E-state index in [4.69, 9.17) is 23.2 Å². The minimum atomic E-state index is -0.957. The Labute approximate surface area is 138 Å². The van der Waals surface area contributed by atoms with E-state index in [2.05, 4.69) is 5.32 Å². The number of carbonyl (C=O) groups excluding carboxylic acids is 1. The Morgan fingerprint density at radius 3 is 2.64 bits per heavy atom. The molecular weight excluding hydrogens is 325 g/mol. The van der Waals surface area contributed by atoms with Gasteiger partial charge in [0, 0.05) is 16.0 Å². The third-order valence-electron chi connectivity index (χ3n) is 4.37. The number of carboxylic acids is 1. The van der Waals surface area contributed by atoms with E-state index in [-0.39, 0.29) is 17.7 Å². The van der Waals surface area contributed by atoms with Crippen molar-refractivity contribution in [3.63, 3.8) is 0 Å². The molecule has 22 heavy (non-hydrogen) atoms. The maximum Gasteiger partial charge on any atom is 0.326 e. The van der Waals surface area contributed by atoms with Crippen LogP contribution in [-0.4, -0.2) is 23.0 Å². The van der Waals surface area contributed by atoms with Crippen molar-refractivity contribution < 1.29 is 14.7 Å². The first kappa shape index (κ1) is 15.6. The molecule has 4 nitrogen and oxygen atoms in total. The summed E-state index contributed by atoms with van der Waals surface area (Å²) in [5.41, 5.74) is 0.903. The predicted molar refractivity (Wildman–Crippen MR) is 84.2 cm³/mol. The number of benzene rings is 1. The summed E-state index contributed by atoms with van der Waals surface area (Å²) in [6.45, 7) is 0. The highest BCUT2D eigenvalue weighted by atomic mass is 35.5. The number of nitrogens with one attached hydrogen (secondary N) is 1. The summed E-state index contributed by atoms with van der Waals surface area (Å²) in [5.74, 6) is -0.840. The van der Waals surface area contributed by atoms with Gasteiger partial charge in [-0.25, -0.2) is 4.79 Å². The molecule has 1 aromatic carbocycles. The Hall–Kier alpha value is -1.26. The first-order chi connectivity index (χ1) is 10.5. The summed E-state index contributed by atoms with van der Waals surface area (Å²) in [6.07, 6.45) is 3.35. The van der Waals surface area contributed by atoms with Crippen LogP contribution in [0.2, 0.25) is 10.0 Å². The van der Waals surface area contributed by atoms with Gasteiger partial charge in [-0.2, -0.15) is 0 Å². The van der Waals surface area contributed by atoms with Crippen molar-refractivity contribution in [1.29, 1.82) is 0 Å². The minimum absolute atomic E-state index is 0.0557. The largest absolute Gasteiger partial charge is 0.480 e. The first-order valence-electron chi connectivity index (χ1n) is 7.44. The fraction of sp³-hybridized carbons (Fsp3) is 0.500. The molecule has 0 saturated heterocycles. The van der Waals surface area contributed by atoms with Crippen LogP contribution in [-0.2, 0) is 9.59 Å². The van der Waals surface area contributed by atoms with Crippen LogP contribution in [0.4, 0.5) is 0 Å². The van der Waals surface area contributed by atoms with Crippen molar-refractivity contribution >= 4 is 35.1 Å². The molecule has 0 spiro atoms. The third-order valence-corrected chi connectivity index (χ3v) is 4.93. The van der Waals surface area contributed by atoms with Gasteiger partial charge in [-0.1, -0.05) is 42.1 Å². The van der Waals surface area contributed by atoms with Gasteiger partial charge in [0.15, 0.2) is 0 Å². The number of carboxylic acid groups (broad SMARTS) is 1. The summed E-state index contributed by atoms with van der Waals surface area (Å²) in [6, 6.07) is 4.48. The lowest BCUT2D eigenvalue weighted by atomic mass is 10.1. The smallest absolute Gasteiger partial charge is 0.326 e. The lowest BCUT2D eigenvalue weighted by molar-refractivity contribution is -0.142. The standard InChI is InChI=1S/C16H17Cl2NO3/c17-9-3-4-10(13(18)6-9)11-7-12(11)15(20)19-14(16(21)22)5-8-1-2-8/h3-4,6,8,11-12,14H,1-2,5,7H2,(H,19,20)(H,21,22). The molecule has 0 aromatic heterocycles. The normalized spacial score (nSPS) is 24.6. The summed E-state index contributed by atoms with van der Waals surface area (Å²) in [4.78, 5) is 23.5. The van der Waals surface area contributed by atoms with Crippen LogP contribution in [0.15, 0.2) is 18.2 Å². The average Bonchev–Trinajstić information content (AvgIpc) is 3.32. The second kappa shape index (κ2) is 6.09. The number of halogens is 2. The molecule has 2 saturated carbocycles. The molecule has 3 unspecified atom stereocenters. The van der Waals surface area contributed by atoms with Gasteiger partial charge in [0.2, 0.25) is 5.91 Å². The molecule has 6 heteroatoms. The monoisotopic (exact) mass is 341 g/mol. The average molecular weight is 342 g/mol. The number of rotatable bonds is 6. The van der Waals surface area contributed by atoms with E-state index >= 15 is 0 Å². The van der Waals surface area contributed by atoms with Crippen molar-refractivity contribution in [2.24, 2.45) is 11.8 Å². The zero-order valence-electron chi connectivity index (χ0n) is 11.9. The van der Waals surface area contributed by atoms with Gasteiger partial charge < -0.3 is 10.4 Å². The molecule has 0 aliphatic heterocycles. The molecule has 3 atom stereocenters. The zero-order chi connectivity index (χ0) is 15.9. The van der Waals surface area contributed by atoms with Gasteiger partial charge in [-0.3, -0.25) is 4.79 Å². The molecule has 0 bridgehead atoms. The lowest BCUT2D eigenvalue weighted by Gasteiger charge is -2.14. The second-order valence-corrected chi connectivity index (χ2v) is 7.04. The number of carbonyl (C=O) groups is 2. The zero-order valence-corrected chi connectivity index (χ0v) is 13.4. The number of amides is 1. The molecule has 2 aliphatic carbocycles. The molecule has 0 radical (unpaired) electrons. The Kier molecular flexibility index (Phi) is 4.33. The van der Waals surface area contributed by atoms with Crippen molar-refractivity contribution in [3.05, 3.63) is 33.8 Å². The lowest BCUT2D eigenvalue weighted by Crippen LogP contribution is -2.42. The third kappa shape index (κ3) is 3.55. The van der Waals surface area contributed by atoms with E-state index in [9.17, 15) is 14.7 Å². The Morgan fingerprint density at radius 1 is 1.32 bits per heavy atom. The van der Waals surface area contributed by atoms with E-state index in [0.29, 0.717) is 28.8 Å². The second-order valence-electron chi connectivity index (χ2n) is 6.19. The van der Waals surface area contributed by atoms with Gasteiger partial charge in [0.25, 0.3) is 0 Å². The van der Waals surface area contributed by atoms with E-state index in [1.54, 1.807) is 12.1 Å². The van der Waals surface area contributed by atoms with Crippen molar-refractivity contribution in [3.8, 4) is 0 Å². The van der Waals surface area contributed by atoms with Crippen LogP contribution in [0.5, 0.6) is 0 Å². The summed E-state index contributed by atoms with van der Waals surface area (Å²) >= 11 is 12.0. The molecule has 2 fully saturated rings. The Bertz CT molecular complexity index is 615. The predicted octanol–water partition coefficient (Wildman–Crippen LogP) is 3.47. The minimum Gasteiger partial charge on any atom is -0.480 e. The van der Waals surface area contributed by atoms with Crippen molar-refractivity contribution in [1.82, 2.24) is 5.32 Å². The molecule has 1 amide bonds. The first-order valence-corrected chi connectivity index (χ1v) is 8.19. The van der Waals surface area contributed by atoms with Crippen LogP contribution in [0.3, 0.4) is 0 Å². The molecule has 2 N–H and O–H groups in total. The molecule has 2 aliphatic rings. The molecule has 0 heterocycles. The van der Waals surface area contributed by atoms with Crippen LogP contribution in [0, 0.1) is 11.8 Å². The highest BCUT2D eigenvalue weighted by Crippen LogP contribution is 2.50. The molecule has 118 valence electrons. The number of aliphatic carboxylic acids is 1. The van der Waals surface area contributed by atoms with Gasteiger partial charge in [-0.15, -0.1) is 0 Å². The Balaban J connectivity index is 1.60. The van der Waals surface area contributed by atoms with E-state index in [1.807, 2.05) is 6.07 Å². The fourth-order valence-electron chi connectivity index (χ4n) is 2.82. The quantitative estimate of drug-likeness (QED) is 0.832. The molecule has 1 aromatic rings. The number of hydrogen-bond donors (Lipinski definition) is 2. The molecular formula is C16H17Cl2NO3. The maximum atomic E-state index is 12.2.